The lowest BCUT2D eigenvalue weighted by atomic mass is 10.00. The molecule has 2 aromatic heterocycles. The molecule has 0 spiro atoms. The van der Waals surface area contributed by atoms with Gasteiger partial charge in [-0.05, 0) is 92.5 Å². The van der Waals surface area contributed by atoms with Crippen LogP contribution in [0.2, 0.25) is 10.0 Å². The molecule has 38 heavy (non-hydrogen) atoms. The summed E-state index contributed by atoms with van der Waals surface area (Å²) < 4.78 is 7.93. The van der Waals surface area contributed by atoms with Crippen molar-refractivity contribution in [2.45, 2.75) is 46.0 Å². The molecule has 4 aromatic rings. The van der Waals surface area contributed by atoms with Crippen LogP contribution in [-0.4, -0.2) is 41.3 Å². The van der Waals surface area contributed by atoms with Crippen molar-refractivity contribution in [3.8, 4) is 16.9 Å². The van der Waals surface area contributed by atoms with E-state index in [1.807, 2.05) is 65.2 Å². The first-order chi connectivity index (χ1) is 18.5. The fourth-order valence-electron chi connectivity index (χ4n) is 4.66. The molecule has 4 nitrogen and oxygen atoms in total. The first kappa shape index (κ1) is 28.2. The van der Waals surface area contributed by atoms with Crippen molar-refractivity contribution in [3.63, 3.8) is 0 Å². The maximum Gasteiger partial charge on any atom is 0.210 e. The molecule has 0 saturated heterocycles. The average Bonchev–Trinajstić information content (AvgIpc) is 3.33. The number of unbranched alkanes of at least 4 members (excludes halogenated alkanes) is 2. The van der Waals surface area contributed by atoms with Crippen LogP contribution in [-0.2, 0) is 0 Å². The number of rotatable bonds is 14. The summed E-state index contributed by atoms with van der Waals surface area (Å²) in [5.74, 6) is 0.714. The van der Waals surface area contributed by atoms with E-state index in [4.69, 9.17) is 27.9 Å². The van der Waals surface area contributed by atoms with E-state index in [0.29, 0.717) is 27.9 Å². The molecule has 2 aromatic carbocycles. The van der Waals surface area contributed by atoms with Gasteiger partial charge in [0.2, 0.25) is 5.78 Å². The predicted molar refractivity (Wildman–Crippen MR) is 159 cm³/mol. The van der Waals surface area contributed by atoms with Crippen LogP contribution in [0, 0.1) is 0 Å². The second-order valence-electron chi connectivity index (χ2n) is 9.64. The van der Waals surface area contributed by atoms with E-state index < -0.39 is 0 Å². The molecule has 0 amide bonds. The second-order valence-corrected chi connectivity index (χ2v) is 10.4. The topological polar surface area (TPSA) is 34.0 Å². The number of carbonyl (C=O) groups excluding carboxylic acids is 1. The Hall–Kier alpha value is -2.79. The lowest BCUT2D eigenvalue weighted by Gasteiger charge is -2.21. The van der Waals surface area contributed by atoms with Gasteiger partial charge in [0.1, 0.15) is 11.4 Å². The third kappa shape index (κ3) is 6.99. The van der Waals surface area contributed by atoms with Crippen LogP contribution in [0.3, 0.4) is 0 Å². The van der Waals surface area contributed by atoms with Crippen LogP contribution in [0.5, 0.6) is 5.75 Å². The van der Waals surface area contributed by atoms with Crippen molar-refractivity contribution in [2.24, 2.45) is 0 Å². The molecule has 0 bridgehead atoms. The summed E-state index contributed by atoms with van der Waals surface area (Å²) in [7, 11) is 0. The molecule has 0 N–H and O–H groups in total. The number of halogens is 2. The molecule has 0 aliphatic heterocycles. The van der Waals surface area contributed by atoms with Crippen LogP contribution in [0.4, 0.5) is 0 Å². The van der Waals surface area contributed by atoms with Gasteiger partial charge in [0.05, 0.1) is 16.7 Å². The van der Waals surface area contributed by atoms with Crippen LogP contribution in [0.25, 0.3) is 16.6 Å². The molecule has 6 heteroatoms. The van der Waals surface area contributed by atoms with E-state index >= 15 is 0 Å². The summed E-state index contributed by atoms with van der Waals surface area (Å²) in [6.07, 6.45) is 7.81. The largest absolute Gasteiger partial charge is 0.494 e. The Labute approximate surface area is 236 Å². The number of ether oxygens (including phenoxy) is 1. The SMILES string of the molecule is CCCCN(CCCC)CCCOc1ccc(C(=O)c2c(-c3ccc(Cl)c(Cl)c3)cc3ccccn23)cc1. The van der Waals surface area contributed by atoms with Gasteiger partial charge in [-0.25, -0.2) is 0 Å². The predicted octanol–water partition coefficient (Wildman–Crippen LogP) is 8.82. The minimum absolute atomic E-state index is 0.0636. The summed E-state index contributed by atoms with van der Waals surface area (Å²) in [6, 6.07) is 20.8. The average molecular weight is 552 g/mol. The van der Waals surface area contributed by atoms with Gasteiger partial charge in [0, 0.05) is 29.4 Å². The van der Waals surface area contributed by atoms with E-state index in [1.165, 1.54) is 25.7 Å². The van der Waals surface area contributed by atoms with Crippen LogP contribution in [0.15, 0.2) is 72.9 Å². The highest BCUT2D eigenvalue weighted by molar-refractivity contribution is 6.42. The minimum Gasteiger partial charge on any atom is -0.494 e. The van der Waals surface area contributed by atoms with E-state index in [2.05, 4.69) is 18.7 Å². The first-order valence-corrected chi connectivity index (χ1v) is 14.3. The van der Waals surface area contributed by atoms with E-state index in [0.717, 1.165) is 48.4 Å². The Kier molecular flexibility index (Phi) is 10.3. The second kappa shape index (κ2) is 13.8. The zero-order valence-corrected chi connectivity index (χ0v) is 23.8. The van der Waals surface area contributed by atoms with E-state index in [-0.39, 0.29) is 5.78 Å². The number of hydrogen-bond acceptors (Lipinski definition) is 3. The van der Waals surface area contributed by atoms with E-state index in [9.17, 15) is 4.79 Å². The number of nitrogens with zero attached hydrogens (tertiary/aromatic N) is 2. The van der Waals surface area contributed by atoms with Gasteiger partial charge < -0.3 is 14.0 Å². The Morgan fingerprint density at radius 3 is 2.24 bits per heavy atom. The molecular formula is C32H36Cl2N2O2. The normalized spacial score (nSPS) is 11.4. The molecule has 0 saturated carbocycles. The Morgan fingerprint density at radius 2 is 1.55 bits per heavy atom. The number of ketones is 1. The summed E-state index contributed by atoms with van der Waals surface area (Å²) in [5, 5.41) is 0.940. The molecule has 0 aliphatic carbocycles. The smallest absolute Gasteiger partial charge is 0.210 e. The lowest BCUT2D eigenvalue weighted by molar-refractivity contribution is 0.103. The van der Waals surface area contributed by atoms with Gasteiger partial charge in [0.15, 0.2) is 0 Å². The first-order valence-electron chi connectivity index (χ1n) is 13.6. The maximum atomic E-state index is 13.8. The fourth-order valence-corrected chi connectivity index (χ4v) is 4.95. The number of benzene rings is 2. The van der Waals surface area contributed by atoms with Crippen molar-refractivity contribution < 1.29 is 9.53 Å². The van der Waals surface area contributed by atoms with Crippen molar-refractivity contribution in [1.29, 1.82) is 0 Å². The Balaban J connectivity index is 1.46. The minimum atomic E-state index is -0.0636. The van der Waals surface area contributed by atoms with Gasteiger partial charge in [0.25, 0.3) is 0 Å². The van der Waals surface area contributed by atoms with E-state index in [1.54, 1.807) is 12.1 Å². The summed E-state index contributed by atoms with van der Waals surface area (Å²) >= 11 is 12.4. The summed E-state index contributed by atoms with van der Waals surface area (Å²) in [4.78, 5) is 16.3. The third-order valence-corrected chi connectivity index (χ3v) is 7.52. The number of hydrogen-bond donors (Lipinski definition) is 0. The molecule has 0 radical (unpaired) electrons. The van der Waals surface area contributed by atoms with Crippen molar-refractivity contribution >= 4 is 34.5 Å². The highest BCUT2D eigenvalue weighted by atomic mass is 35.5. The van der Waals surface area contributed by atoms with Crippen molar-refractivity contribution in [1.82, 2.24) is 9.30 Å². The highest BCUT2D eigenvalue weighted by Gasteiger charge is 2.21. The molecule has 0 aliphatic rings. The number of fused-ring (bicyclic) bond motifs is 1. The van der Waals surface area contributed by atoms with Gasteiger partial charge in [-0.3, -0.25) is 4.79 Å². The number of aromatic nitrogens is 1. The molecule has 0 fully saturated rings. The molecule has 4 rings (SSSR count). The van der Waals surface area contributed by atoms with Crippen LogP contribution >= 0.6 is 23.2 Å². The van der Waals surface area contributed by atoms with Gasteiger partial charge >= 0.3 is 0 Å². The standard InChI is InChI=1S/C32H36Cl2N2O2/c1-3-5-17-35(18-6-4-2)19-9-21-38-27-14-11-24(12-15-27)32(37)31-28(23-26-10-7-8-20-36(26)31)25-13-16-29(33)30(34)22-25/h7-8,10-16,20,22-23H,3-6,9,17-19,21H2,1-2H3. The zero-order chi connectivity index (χ0) is 26.9. The fraction of sp³-hybridized carbons (Fsp3) is 0.344. The van der Waals surface area contributed by atoms with Gasteiger partial charge in [-0.15, -0.1) is 0 Å². The van der Waals surface area contributed by atoms with Gasteiger partial charge in [-0.2, -0.15) is 0 Å². The monoisotopic (exact) mass is 550 g/mol. The number of pyridine rings is 1. The van der Waals surface area contributed by atoms with Crippen molar-refractivity contribution in [2.75, 3.05) is 26.2 Å². The summed E-state index contributed by atoms with van der Waals surface area (Å²) in [5.41, 5.74) is 3.79. The van der Waals surface area contributed by atoms with Crippen LogP contribution in [0.1, 0.15) is 62.0 Å². The van der Waals surface area contributed by atoms with Gasteiger partial charge in [-0.1, -0.05) is 62.0 Å². The molecular weight excluding hydrogens is 515 g/mol. The van der Waals surface area contributed by atoms with Crippen molar-refractivity contribution in [3.05, 3.63) is 94.2 Å². The Morgan fingerprint density at radius 1 is 0.842 bits per heavy atom. The summed E-state index contributed by atoms with van der Waals surface area (Å²) in [6.45, 7) is 8.51. The molecule has 2 heterocycles. The highest BCUT2D eigenvalue weighted by Crippen LogP contribution is 2.34. The lowest BCUT2D eigenvalue weighted by Crippen LogP contribution is -2.28. The molecule has 0 unspecified atom stereocenters. The quantitative estimate of drug-likeness (QED) is 0.116. The number of carbonyl (C=O) groups is 1. The molecule has 0 atom stereocenters. The zero-order valence-electron chi connectivity index (χ0n) is 22.3. The van der Waals surface area contributed by atoms with Crippen LogP contribution < -0.4 is 4.74 Å². The third-order valence-electron chi connectivity index (χ3n) is 6.79. The molecule has 200 valence electrons. The maximum absolute atomic E-state index is 13.8. The Bertz CT molecular complexity index is 1340.